The molecule has 0 aliphatic heterocycles. The van der Waals surface area contributed by atoms with Crippen LogP contribution in [0.4, 0.5) is 18.9 Å². The fourth-order valence-corrected chi connectivity index (χ4v) is 1.60. The monoisotopic (exact) mass is 299 g/mol. The van der Waals surface area contributed by atoms with Crippen molar-refractivity contribution in [1.82, 2.24) is 15.0 Å². The molecular weight excluding hydrogens is 287 g/mol. The predicted molar refractivity (Wildman–Crippen MR) is 68.0 cm³/mol. The SMILES string of the molecule is NCc1cn(CC(=O)Nc2ccc(C(F)(F)F)cc2)nn1. The Kier molecular flexibility index (Phi) is 4.22. The zero-order chi connectivity index (χ0) is 15.5. The highest BCUT2D eigenvalue weighted by Crippen LogP contribution is 2.29. The van der Waals surface area contributed by atoms with Crippen LogP contribution in [0, 0.1) is 0 Å². The molecule has 1 aromatic heterocycles. The summed E-state index contributed by atoms with van der Waals surface area (Å²) in [7, 11) is 0. The molecule has 3 N–H and O–H groups in total. The summed E-state index contributed by atoms with van der Waals surface area (Å²) in [6, 6.07) is 4.18. The average Bonchev–Trinajstić information content (AvgIpc) is 2.85. The topological polar surface area (TPSA) is 85.8 Å². The van der Waals surface area contributed by atoms with Crippen molar-refractivity contribution in [3.63, 3.8) is 0 Å². The third kappa shape index (κ3) is 4.02. The highest BCUT2D eigenvalue weighted by Gasteiger charge is 2.29. The quantitative estimate of drug-likeness (QED) is 0.893. The van der Waals surface area contributed by atoms with Crippen molar-refractivity contribution in [1.29, 1.82) is 0 Å². The van der Waals surface area contributed by atoms with E-state index >= 15 is 0 Å². The Hall–Kier alpha value is -2.42. The fraction of sp³-hybridized carbons (Fsp3) is 0.250. The predicted octanol–water partition coefficient (Wildman–Crippen LogP) is 1.39. The lowest BCUT2D eigenvalue weighted by Gasteiger charge is -2.08. The average molecular weight is 299 g/mol. The molecule has 0 spiro atoms. The number of carbonyl (C=O) groups excluding carboxylic acids is 1. The Morgan fingerprint density at radius 3 is 2.48 bits per heavy atom. The van der Waals surface area contributed by atoms with E-state index in [0.29, 0.717) is 5.69 Å². The number of alkyl halides is 3. The molecule has 0 saturated heterocycles. The van der Waals surface area contributed by atoms with E-state index in [9.17, 15) is 18.0 Å². The van der Waals surface area contributed by atoms with Crippen LogP contribution in [0.5, 0.6) is 0 Å². The van der Waals surface area contributed by atoms with Crippen LogP contribution < -0.4 is 11.1 Å². The van der Waals surface area contributed by atoms with Gasteiger partial charge in [0.15, 0.2) is 0 Å². The van der Waals surface area contributed by atoms with Gasteiger partial charge < -0.3 is 11.1 Å². The van der Waals surface area contributed by atoms with Crippen LogP contribution in [0.3, 0.4) is 0 Å². The zero-order valence-corrected chi connectivity index (χ0v) is 10.8. The van der Waals surface area contributed by atoms with Gasteiger partial charge in [0.05, 0.1) is 17.5 Å². The highest BCUT2D eigenvalue weighted by molar-refractivity contribution is 5.90. The van der Waals surface area contributed by atoms with E-state index in [1.54, 1.807) is 0 Å². The van der Waals surface area contributed by atoms with Gasteiger partial charge >= 0.3 is 6.18 Å². The third-order valence-corrected chi connectivity index (χ3v) is 2.60. The summed E-state index contributed by atoms with van der Waals surface area (Å²) in [4.78, 5) is 11.7. The Morgan fingerprint density at radius 1 is 1.29 bits per heavy atom. The van der Waals surface area contributed by atoms with Gasteiger partial charge in [0.1, 0.15) is 6.54 Å². The lowest BCUT2D eigenvalue weighted by Crippen LogP contribution is -2.19. The summed E-state index contributed by atoms with van der Waals surface area (Å²) < 4.78 is 38.5. The molecule has 0 radical (unpaired) electrons. The summed E-state index contributed by atoms with van der Waals surface area (Å²) >= 11 is 0. The van der Waals surface area contributed by atoms with Crippen LogP contribution in [0.2, 0.25) is 0 Å². The lowest BCUT2D eigenvalue weighted by molar-refractivity contribution is -0.137. The zero-order valence-electron chi connectivity index (χ0n) is 10.8. The summed E-state index contributed by atoms with van der Waals surface area (Å²) in [6.45, 7) is 0.106. The number of nitrogens with one attached hydrogen (secondary N) is 1. The fourth-order valence-electron chi connectivity index (χ4n) is 1.60. The maximum atomic E-state index is 12.4. The van der Waals surface area contributed by atoms with Crippen molar-refractivity contribution < 1.29 is 18.0 Å². The standard InChI is InChI=1S/C12H12F3N5O/c13-12(14,15)8-1-3-9(4-2-8)17-11(21)7-20-6-10(5-16)18-19-20/h1-4,6H,5,7,16H2,(H,17,21). The van der Waals surface area contributed by atoms with Crippen LogP contribution in [0.1, 0.15) is 11.3 Å². The highest BCUT2D eigenvalue weighted by atomic mass is 19.4. The molecule has 0 saturated carbocycles. The number of amides is 1. The second-order valence-corrected chi connectivity index (χ2v) is 4.23. The number of nitrogens with two attached hydrogens (primary N) is 1. The summed E-state index contributed by atoms with van der Waals surface area (Å²) in [5.74, 6) is -0.428. The largest absolute Gasteiger partial charge is 0.416 e. The van der Waals surface area contributed by atoms with Crippen molar-refractivity contribution in [2.24, 2.45) is 5.73 Å². The summed E-state index contributed by atoms with van der Waals surface area (Å²) in [5, 5.41) is 9.88. The Morgan fingerprint density at radius 2 is 1.95 bits per heavy atom. The number of carbonyl (C=O) groups is 1. The summed E-state index contributed by atoms with van der Waals surface area (Å²) in [5.41, 5.74) is 5.39. The first-order valence-corrected chi connectivity index (χ1v) is 5.94. The molecule has 0 bridgehead atoms. The number of halogens is 3. The first-order valence-electron chi connectivity index (χ1n) is 5.94. The molecule has 2 rings (SSSR count). The van der Waals surface area contributed by atoms with Gasteiger partial charge in [-0.1, -0.05) is 5.21 Å². The first kappa shape index (κ1) is 15.0. The number of anilines is 1. The molecule has 2 aromatic rings. The molecule has 0 unspecified atom stereocenters. The van der Waals surface area contributed by atoms with Gasteiger partial charge in [0.25, 0.3) is 0 Å². The third-order valence-electron chi connectivity index (χ3n) is 2.60. The van der Waals surface area contributed by atoms with Gasteiger partial charge in [-0.3, -0.25) is 4.79 Å². The molecule has 6 nitrogen and oxygen atoms in total. The molecule has 9 heteroatoms. The van der Waals surface area contributed by atoms with Gasteiger partial charge in [0.2, 0.25) is 5.91 Å². The van der Waals surface area contributed by atoms with Gasteiger partial charge in [0, 0.05) is 12.2 Å². The van der Waals surface area contributed by atoms with E-state index in [1.807, 2.05) is 0 Å². The van der Waals surface area contributed by atoms with Gasteiger partial charge in [-0.2, -0.15) is 13.2 Å². The molecule has 1 heterocycles. The second kappa shape index (κ2) is 5.92. The number of aromatic nitrogens is 3. The van der Waals surface area contributed by atoms with Crippen molar-refractivity contribution in [3.8, 4) is 0 Å². The van der Waals surface area contributed by atoms with Crippen molar-refractivity contribution in [3.05, 3.63) is 41.7 Å². The number of benzene rings is 1. The minimum atomic E-state index is -4.40. The van der Waals surface area contributed by atoms with Crippen LogP contribution in [0.25, 0.3) is 0 Å². The van der Waals surface area contributed by atoms with E-state index in [4.69, 9.17) is 5.73 Å². The van der Waals surface area contributed by atoms with Gasteiger partial charge in [-0.05, 0) is 24.3 Å². The first-order chi connectivity index (χ1) is 9.88. The van der Waals surface area contributed by atoms with E-state index in [0.717, 1.165) is 12.1 Å². The number of hydrogen-bond donors (Lipinski definition) is 2. The molecule has 1 aromatic carbocycles. The lowest BCUT2D eigenvalue weighted by atomic mass is 10.2. The normalized spacial score (nSPS) is 11.4. The molecule has 0 atom stereocenters. The van der Waals surface area contributed by atoms with E-state index in [1.165, 1.54) is 23.0 Å². The molecule has 0 aliphatic carbocycles. The Balaban J connectivity index is 1.96. The number of hydrogen-bond acceptors (Lipinski definition) is 4. The maximum Gasteiger partial charge on any atom is 0.416 e. The van der Waals surface area contributed by atoms with Crippen LogP contribution >= 0.6 is 0 Å². The smallest absolute Gasteiger partial charge is 0.325 e. The van der Waals surface area contributed by atoms with Crippen LogP contribution in [-0.4, -0.2) is 20.9 Å². The Bertz CT molecular complexity index is 621. The van der Waals surface area contributed by atoms with Crippen LogP contribution in [0.15, 0.2) is 30.5 Å². The molecule has 1 amide bonds. The molecule has 21 heavy (non-hydrogen) atoms. The Labute approximate surface area is 117 Å². The number of nitrogens with zero attached hydrogens (tertiary/aromatic N) is 3. The van der Waals surface area contributed by atoms with Crippen molar-refractivity contribution in [2.75, 3.05) is 5.32 Å². The molecule has 112 valence electrons. The van der Waals surface area contributed by atoms with Gasteiger partial charge in [-0.25, -0.2) is 4.68 Å². The molecule has 0 aliphatic rings. The van der Waals surface area contributed by atoms with E-state index in [2.05, 4.69) is 15.6 Å². The van der Waals surface area contributed by atoms with Gasteiger partial charge in [-0.15, -0.1) is 5.10 Å². The van der Waals surface area contributed by atoms with E-state index in [-0.39, 0.29) is 18.8 Å². The number of rotatable bonds is 4. The van der Waals surface area contributed by atoms with Crippen LogP contribution in [-0.2, 0) is 24.1 Å². The van der Waals surface area contributed by atoms with Crippen molar-refractivity contribution in [2.45, 2.75) is 19.3 Å². The molecular formula is C12H12F3N5O. The second-order valence-electron chi connectivity index (χ2n) is 4.23. The maximum absolute atomic E-state index is 12.4. The summed E-state index contributed by atoms with van der Waals surface area (Å²) in [6.07, 6.45) is -2.88. The van der Waals surface area contributed by atoms with E-state index < -0.39 is 17.6 Å². The molecule has 0 fully saturated rings. The minimum Gasteiger partial charge on any atom is -0.325 e. The van der Waals surface area contributed by atoms with Crippen molar-refractivity contribution >= 4 is 11.6 Å². The minimum absolute atomic E-state index is 0.103.